The summed E-state index contributed by atoms with van der Waals surface area (Å²) < 4.78 is 5.42. The zero-order chi connectivity index (χ0) is 13.2. The van der Waals surface area contributed by atoms with E-state index < -0.39 is 0 Å². The molecule has 98 valence electrons. The van der Waals surface area contributed by atoms with Gasteiger partial charge in [0.1, 0.15) is 16.6 Å². The predicted molar refractivity (Wildman–Crippen MR) is 78.0 cm³/mol. The van der Waals surface area contributed by atoms with Crippen molar-refractivity contribution in [1.82, 2.24) is 4.98 Å². The molecule has 0 aromatic carbocycles. The molecule has 1 aliphatic rings. The van der Waals surface area contributed by atoms with Crippen molar-refractivity contribution >= 4 is 23.0 Å². The lowest BCUT2D eigenvalue weighted by Crippen LogP contribution is -2.26. The van der Waals surface area contributed by atoms with Crippen molar-refractivity contribution in [2.75, 3.05) is 4.90 Å². The molecular weight excluding hydrogens is 258 g/mol. The molecule has 2 aromatic heterocycles. The van der Waals surface area contributed by atoms with Gasteiger partial charge in [0.05, 0.1) is 18.5 Å². The Hall–Kier alpha value is -1.88. The number of nitrogens with two attached hydrogens (primary N) is 1. The van der Waals surface area contributed by atoms with Crippen LogP contribution in [-0.2, 0) is 6.54 Å². The molecule has 0 spiro atoms. The average molecular weight is 273 g/mol. The molecular formula is C14H15N3OS. The number of anilines is 1. The molecule has 1 saturated carbocycles. The monoisotopic (exact) mass is 273 g/mol. The van der Waals surface area contributed by atoms with Crippen molar-refractivity contribution in [3.8, 4) is 0 Å². The molecule has 1 fully saturated rings. The van der Waals surface area contributed by atoms with Crippen LogP contribution in [0.3, 0.4) is 0 Å². The number of hydrogen-bond acceptors (Lipinski definition) is 4. The molecule has 2 heterocycles. The first kappa shape index (κ1) is 12.2. The minimum atomic E-state index is 0.329. The Labute approximate surface area is 117 Å². The van der Waals surface area contributed by atoms with E-state index in [1.807, 2.05) is 30.3 Å². The first-order chi connectivity index (χ1) is 9.24. The summed E-state index contributed by atoms with van der Waals surface area (Å²) >= 11 is 4.98. The highest BCUT2D eigenvalue weighted by Gasteiger charge is 2.30. The molecule has 2 aromatic rings. The summed E-state index contributed by atoms with van der Waals surface area (Å²) in [5.41, 5.74) is 6.31. The zero-order valence-corrected chi connectivity index (χ0v) is 11.3. The second-order valence-electron chi connectivity index (χ2n) is 4.68. The maximum Gasteiger partial charge on any atom is 0.129 e. The topological polar surface area (TPSA) is 55.3 Å². The highest BCUT2D eigenvalue weighted by molar-refractivity contribution is 7.80. The van der Waals surface area contributed by atoms with Gasteiger partial charge in [-0.3, -0.25) is 0 Å². The van der Waals surface area contributed by atoms with Crippen molar-refractivity contribution in [3.63, 3.8) is 0 Å². The Morgan fingerprint density at radius 1 is 1.37 bits per heavy atom. The summed E-state index contributed by atoms with van der Waals surface area (Å²) in [6, 6.07) is 10.2. The number of pyridine rings is 1. The fourth-order valence-corrected chi connectivity index (χ4v) is 2.19. The number of hydrogen-bond donors (Lipinski definition) is 1. The largest absolute Gasteiger partial charge is 0.467 e. The molecule has 0 radical (unpaired) electrons. The SMILES string of the molecule is NC(=S)c1cccc(N(Cc2ccco2)C2CC2)n1. The quantitative estimate of drug-likeness (QED) is 0.848. The van der Waals surface area contributed by atoms with E-state index in [2.05, 4.69) is 9.88 Å². The minimum absolute atomic E-state index is 0.329. The van der Waals surface area contributed by atoms with E-state index in [1.165, 1.54) is 12.8 Å². The summed E-state index contributed by atoms with van der Waals surface area (Å²) in [4.78, 5) is 7.11. The fraction of sp³-hybridized carbons (Fsp3) is 0.286. The molecule has 0 atom stereocenters. The maximum absolute atomic E-state index is 5.64. The van der Waals surface area contributed by atoms with Crippen LogP contribution in [0, 0.1) is 0 Å². The van der Waals surface area contributed by atoms with Gasteiger partial charge in [0.15, 0.2) is 0 Å². The molecule has 1 aliphatic carbocycles. The average Bonchev–Trinajstić information content (AvgIpc) is 3.13. The van der Waals surface area contributed by atoms with Crippen molar-refractivity contribution in [2.24, 2.45) is 5.73 Å². The maximum atomic E-state index is 5.64. The summed E-state index contributed by atoms with van der Waals surface area (Å²) in [6.45, 7) is 0.728. The first-order valence-electron chi connectivity index (χ1n) is 6.30. The molecule has 0 aliphatic heterocycles. The van der Waals surface area contributed by atoms with Crippen LogP contribution in [0.15, 0.2) is 41.0 Å². The van der Waals surface area contributed by atoms with Gasteiger partial charge in [-0.25, -0.2) is 4.98 Å². The summed E-state index contributed by atoms with van der Waals surface area (Å²) in [5, 5.41) is 0. The lowest BCUT2D eigenvalue weighted by atomic mass is 10.3. The highest BCUT2D eigenvalue weighted by Crippen LogP contribution is 2.32. The first-order valence-corrected chi connectivity index (χ1v) is 6.71. The zero-order valence-electron chi connectivity index (χ0n) is 10.5. The summed E-state index contributed by atoms with van der Waals surface area (Å²) in [6.07, 6.45) is 4.08. The fourth-order valence-electron chi connectivity index (χ4n) is 2.07. The lowest BCUT2D eigenvalue weighted by Gasteiger charge is -2.22. The van der Waals surface area contributed by atoms with Gasteiger partial charge in [0.25, 0.3) is 0 Å². The Morgan fingerprint density at radius 2 is 2.21 bits per heavy atom. The smallest absolute Gasteiger partial charge is 0.129 e. The van der Waals surface area contributed by atoms with E-state index in [0.717, 1.165) is 18.1 Å². The van der Waals surface area contributed by atoms with Crippen molar-refractivity contribution in [2.45, 2.75) is 25.4 Å². The third-order valence-corrected chi connectivity index (χ3v) is 3.38. The molecule has 5 heteroatoms. The standard InChI is InChI=1S/C14H15N3OS/c15-14(19)12-4-1-5-13(16-12)17(10-6-7-10)9-11-3-2-8-18-11/h1-5,8,10H,6-7,9H2,(H2,15,19). The molecule has 4 nitrogen and oxygen atoms in total. The van der Waals surface area contributed by atoms with Crippen LogP contribution in [0.5, 0.6) is 0 Å². The molecule has 0 unspecified atom stereocenters. The van der Waals surface area contributed by atoms with Gasteiger partial charge in [-0.2, -0.15) is 0 Å². The van der Waals surface area contributed by atoms with Gasteiger partial charge < -0.3 is 15.1 Å². The normalized spacial score (nSPS) is 14.3. The van der Waals surface area contributed by atoms with Gasteiger partial charge >= 0.3 is 0 Å². The van der Waals surface area contributed by atoms with E-state index in [9.17, 15) is 0 Å². The van der Waals surface area contributed by atoms with Crippen LogP contribution in [0.25, 0.3) is 0 Å². The number of rotatable bonds is 5. The van der Waals surface area contributed by atoms with E-state index in [0.29, 0.717) is 16.7 Å². The van der Waals surface area contributed by atoms with E-state index >= 15 is 0 Å². The third kappa shape index (κ3) is 2.76. The van der Waals surface area contributed by atoms with Crippen LogP contribution >= 0.6 is 12.2 Å². The third-order valence-electron chi connectivity index (χ3n) is 3.18. The van der Waals surface area contributed by atoms with Crippen LogP contribution < -0.4 is 10.6 Å². The lowest BCUT2D eigenvalue weighted by molar-refractivity contribution is 0.500. The van der Waals surface area contributed by atoms with Gasteiger partial charge in [0.2, 0.25) is 0 Å². The summed E-state index contributed by atoms with van der Waals surface area (Å²) in [7, 11) is 0. The van der Waals surface area contributed by atoms with E-state index in [4.69, 9.17) is 22.4 Å². The van der Waals surface area contributed by atoms with Crippen molar-refractivity contribution in [1.29, 1.82) is 0 Å². The molecule has 19 heavy (non-hydrogen) atoms. The molecule has 0 saturated heterocycles. The molecule has 3 rings (SSSR count). The van der Waals surface area contributed by atoms with Crippen molar-refractivity contribution in [3.05, 3.63) is 48.0 Å². The number of furan rings is 1. The Bertz CT molecular complexity index is 578. The van der Waals surface area contributed by atoms with Crippen LogP contribution in [0.2, 0.25) is 0 Å². The van der Waals surface area contributed by atoms with E-state index in [1.54, 1.807) is 6.26 Å². The van der Waals surface area contributed by atoms with Crippen LogP contribution in [-0.4, -0.2) is 16.0 Å². The number of aromatic nitrogens is 1. The number of nitrogens with zero attached hydrogens (tertiary/aromatic N) is 2. The molecule has 2 N–H and O–H groups in total. The minimum Gasteiger partial charge on any atom is -0.467 e. The Kier molecular flexibility index (Phi) is 3.21. The molecule has 0 amide bonds. The highest BCUT2D eigenvalue weighted by atomic mass is 32.1. The Balaban J connectivity index is 1.87. The van der Waals surface area contributed by atoms with Crippen LogP contribution in [0.1, 0.15) is 24.3 Å². The number of thiocarbonyl (C=S) groups is 1. The van der Waals surface area contributed by atoms with Crippen molar-refractivity contribution < 1.29 is 4.42 Å². The van der Waals surface area contributed by atoms with Crippen LogP contribution in [0.4, 0.5) is 5.82 Å². The van der Waals surface area contributed by atoms with Gasteiger partial charge in [-0.05, 0) is 37.1 Å². The van der Waals surface area contributed by atoms with Gasteiger partial charge in [-0.15, -0.1) is 0 Å². The van der Waals surface area contributed by atoms with E-state index in [-0.39, 0.29) is 0 Å². The van der Waals surface area contributed by atoms with Gasteiger partial charge in [-0.1, -0.05) is 18.3 Å². The predicted octanol–water partition coefficient (Wildman–Crippen LogP) is 2.48. The van der Waals surface area contributed by atoms with Gasteiger partial charge in [0, 0.05) is 6.04 Å². The molecule has 0 bridgehead atoms. The summed E-state index contributed by atoms with van der Waals surface area (Å²) in [5.74, 6) is 1.85. The second-order valence-corrected chi connectivity index (χ2v) is 5.12. The Morgan fingerprint density at radius 3 is 2.84 bits per heavy atom. The second kappa shape index (κ2) is 5.01.